The van der Waals surface area contributed by atoms with Crippen molar-refractivity contribution in [1.29, 1.82) is 0 Å². The van der Waals surface area contributed by atoms with Gasteiger partial charge in [-0.15, -0.1) is 0 Å². The minimum absolute atomic E-state index is 0.0529. The highest BCUT2D eigenvalue weighted by Crippen LogP contribution is 2.37. The number of nitrogens with zero attached hydrogens (tertiary/aromatic N) is 2. The number of aryl methyl sites for hydroxylation is 1. The molecule has 164 valence electrons. The van der Waals surface area contributed by atoms with Crippen LogP contribution in [0.4, 0.5) is 0 Å². The fourth-order valence-corrected chi connectivity index (χ4v) is 5.96. The molecular weight excluding hydrogens is 463 g/mol. The fourth-order valence-electron chi connectivity index (χ4n) is 3.66. The molecule has 1 fully saturated rings. The van der Waals surface area contributed by atoms with E-state index in [-0.39, 0.29) is 41.3 Å². The predicted molar refractivity (Wildman–Crippen MR) is 118 cm³/mol. The van der Waals surface area contributed by atoms with Crippen LogP contribution in [0.5, 0.6) is 5.75 Å². The fraction of sp³-hybridized carbons (Fsp3) is 0.333. The molecule has 7 nitrogen and oxygen atoms in total. The Balaban J connectivity index is 1.59. The van der Waals surface area contributed by atoms with Gasteiger partial charge in [-0.05, 0) is 43.7 Å². The second kappa shape index (κ2) is 8.68. The number of carbonyl (C=O) groups is 1. The number of hydrogen-bond acceptors (Lipinski definition) is 6. The summed E-state index contributed by atoms with van der Waals surface area (Å²) in [7, 11) is -3.18. The molecular formula is C21H20Cl2N2O5S. The van der Waals surface area contributed by atoms with Gasteiger partial charge in [0.25, 0.3) is 5.91 Å². The summed E-state index contributed by atoms with van der Waals surface area (Å²) in [6.07, 6.45) is 1.88. The SMILES string of the molecule is Cc1ccc2c(Cl)cc(Cl)c(OCC(=O)N(Cc3ccco3)[C@@H]3CCS(=O)(=O)C3)c2n1. The molecule has 31 heavy (non-hydrogen) atoms. The molecule has 0 unspecified atom stereocenters. The molecule has 1 amide bonds. The molecule has 0 spiro atoms. The lowest BCUT2D eigenvalue weighted by molar-refractivity contribution is -0.136. The molecule has 0 saturated carbocycles. The maximum Gasteiger partial charge on any atom is 0.261 e. The van der Waals surface area contributed by atoms with Gasteiger partial charge in [0.1, 0.15) is 11.3 Å². The van der Waals surface area contributed by atoms with Crippen molar-refractivity contribution in [3.05, 3.63) is 58.1 Å². The molecule has 1 atom stereocenters. The minimum atomic E-state index is -3.18. The predicted octanol–water partition coefficient (Wildman–Crippen LogP) is 4.04. The second-order valence-corrected chi connectivity index (χ2v) is 10.5. The number of benzene rings is 1. The van der Waals surface area contributed by atoms with Crippen molar-refractivity contribution in [3.63, 3.8) is 0 Å². The zero-order valence-electron chi connectivity index (χ0n) is 16.7. The maximum absolute atomic E-state index is 13.1. The average molecular weight is 483 g/mol. The summed E-state index contributed by atoms with van der Waals surface area (Å²) in [5, 5.41) is 1.33. The molecule has 1 saturated heterocycles. The number of pyridine rings is 1. The van der Waals surface area contributed by atoms with Crippen molar-refractivity contribution >= 4 is 49.8 Å². The van der Waals surface area contributed by atoms with E-state index in [2.05, 4.69) is 4.98 Å². The Morgan fingerprint density at radius 1 is 1.29 bits per heavy atom. The maximum atomic E-state index is 13.1. The van der Waals surface area contributed by atoms with Gasteiger partial charge in [0.2, 0.25) is 0 Å². The first-order valence-electron chi connectivity index (χ1n) is 9.64. The van der Waals surface area contributed by atoms with E-state index in [4.69, 9.17) is 32.4 Å². The van der Waals surface area contributed by atoms with Gasteiger partial charge in [0.05, 0.1) is 34.4 Å². The first-order valence-corrected chi connectivity index (χ1v) is 12.2. The summed E-state index contributed by atoms with van der Waals surface area (Å²) in [6.45, 7) is 1.65. The van der Waals surface area contributed by atoms with Crippen LogP contribution in [-0.4, -0.2) is 48.4 Å². The third kappa shape index (κ3) is 4.81. The van der Waals surface area contributed by atoms with Crippen LogP contribution < -0.4 is 4.74 Å². The number of halogens is 2. The Bertz CT molecular complexity index is 1230. The summed E-state index contributed by atoms with van der Waals surface area (Å²) in [4.78, 5) is 19.1. The number of aromatic nitrogens is 1. The van der Waals surface area contributed by atoms with Crippen LogP contribution in [0.1, 0.15) is 17.9 Å². The van der Waals surface area contributed by atoms with Gasteiger partial charge in [0.15, 0.2) is 22.2 Å². The smallest absolute Gasteiger partial charge is 0.261 e. The molecule has 3 heterocycles. The number of rotatable bonds is 6. The Labute approximate surface area is 189 Å². The highest BCUT2D eigenvalue weighted by molar-refractivity contribution is 7.91. The van der Waals surface area contributed by atoms with Crippen molar-refractivity contribution in [1.82, 2.24) is 9.88 Å². The third-order valence-electron chi connectivity index (χ3n) is 5.19. The molecule has 0 N–H and O–H groups in total. The van der Waals surface area contributed by atoms with Gasteiger partial charge in [0, 0.05) is 17.1 Å². The molecule has 0 bridgehead atoms. The van der Waals surface area contributed by atoms with E-state index in [0.717, 1.165) is 5.69 Å². The zero-order valence-corrected chi connectivity index (χ0v) is 19.0. The van der Waals surface area contributed by atoms with Crippen molar-refractivity contribution in [2.75, 3.05) is 18.1 Å². The summed E-state index contributed by atoms with van der Waals surface area (Å²) in [6, 6.07) is 8.20. The summed E-state index contributed by atoms with van der Waals surface area (Å²) in [5.74, 6) is 0.424. The number of amides is 1. The Morgan fingerprint density at radius 3 is 2.77 bits per heavy atom. The Morgan fingerprint density at radius 2 is 2.10 bits per heavy atom. The second-order valence-electron chi connectivity index (χ2n) is 7.46. The normalized spacial score (nSPS) is 17.7. The number of furan rings is 1. The quantitative estimate of drug-likeness (QED) is 0.526. The first kappa shape index (κ1) is 21.9. The van der Waals surface area contributed by atoms with Gasteiger partial charge in [-0.25, -0.2) is 13.4 Å². The van der Waals surface area contributed by atoms with E-state index in [1.165, 1.54) is 11.2 Å². The summed E-state index contributed by atoms with van der Waals surface area (Å²) >= 11 is 12.6. The summed E-state index contributed by atoms with van der Waals surface area (Å²) < 4.78 is 35.1. The van der Waals surface area contributed by atoms with Crippen LogP contribution in [0.2, 0.25) is 10.0 Å². The van der Waals surface area contributed by atoms with Crippen LogP contribution in [0.3, 0.4) is 0 Å². The lowest BCUT2D eigenvalue weighted by Gasteiger charge is -2.27. The van der Waals surface area contributed by atoms with Crippen molar-refractivity contribution in [2.24, 2.45) is 0 Å². The average Bonchev–Trinajstić information content (AvgIpc) is 3.34. The van der Waals surface area contributed by atoms with Crippen molar-refractivity contribution in [3.8, 4) is 5.75 Å². The lowest BCUT2D eigenvalue weighted by atomic mass is 10.2. The first-order chi connectivity index (χ1) is 14.7. The van der Waals surface area contributed by atoms with Gasteiger partial charge in [-0.1, -0.05) is 23.2 Å². The third-order valence-corrected chi connectivity index (χ3v) is 7.54. The van der Waals surface area contributed by atoms with E-state index >= 15 is 0 Å². The van der Waals surface area contributed by atoms with Crippen molar-refractivity contribution < 1.29 is 22.4 Å². The van der Waals surface area contributed by atoms with Crippen LogP contribution >= 0.6 is 23.2 Å². The van der Waals surface area contributed by atoms with E-state index in [0.29, 0.717) is 28.1 Å². The molecule has 0 radical (unpaired) electrons. The highest BCUT2D eigenvalue weighted by atomic mass is 35.5. The zero-order chi connectivity index (χ0) is 22.2. The molecule has 3 aromatic rings. The highest BCUT2D eigenvalue weighted by Gasteiger charge is 2.35. The van der Waals surface area contributed by atoms with Crippen LogP contribution in [0.15, 0.2) is 41.0 Å². The van der Waals surface area contributed by atoms with E-state index < -0.39 is 15.9 Å². The van der Waals surface area contributed by atoms with Crippen LogP contribution in [-0.2, 0) is 21.2 Å². The molecule has 1 aliphatic rings. The standard InChI is InChI=1S/C21H20Cl2N2O5S/c1-13-4-5-16-17(22)9-18(23)21(20(16)24-13)30-11-19(26)25(10-15-3-2-7-29-15)14-6-8-31(27,28)12-14/h2-5,7,9,14H,6,8,10-12H2,1H3/t14-/m1/s1. The number of carbonyl (C=O) groups excluding carboxylic acids is 1. The van der Waals surface area contributed by atoms with E-state index in [1.807, 2.05) is 19.1 Å². The van der Waals surface area contributed by atoms with Gasteiger partial charge in [-0.2, -0.15) is 0 Å². The monoisotopic (exact) mass is 482 g/mol. The number of sulfone groups is 1. The number of hydrogen-bond donors (Lipinski definition) is 0. The number of ether oxygens (including phenoxy) is 1. The minimum Gasteiger partial charge on any atom is -0.480 e. The van der Waals surface area contributed by atoms with Crippen LogP contribution in [0.25, 0.3) is 10.9 Å². The molecule has 4 rings (SSSR count). The summed E-state index contributed by atoms with van der Waals surface area (Å²) in [5.41, 5.74) is 1.21. The van der Waals surface area contributed by atoms with E-state index in [9.17, 15) is 13.2 Å². The van der Waals surface area contributed by atoms with Crippen LogP contribution in [0, 0.1) is 6.92 Å². The molecule has 1 aromatic carbocycles. The topological polar surface area (TPSA) is 89.7 Å². The van der Waals surface area contributed by atoms with Gasteiger partial charge in [-0.3, -0.25) is 4.79 Å². The van der Waals surface area contributed by atoms with E-state index in [1.54, 1.807) is 18.2 Å². The Kier molecular flexibility index (Phi) is 6.14. The molecule has 0 aliphatic carbocycles. The Hall–Kier alpha value is -2.29. The largest absolute Gasteiger partial charge is 0.480 e. The molecule has 2 aromatic heterocycles. The molecule has 10 heteroatoms. The number of fused-ring (bicyclic) bond motifs is 1. The van der Waals surface area contributed by atoms with Gasteiger partial charge >= 0.3 is 0 Å². The van der Waals surface area contributed by atoms with Gasteiger partial charge < -0.3 is 14.1 Å². The molecule has 1 aliphatic heterocycles. The lowest BCUT2D eigenvalue weighted by Crippen LogP contribution is -2.43. The van der Waals surface area contributed by atoms with Crippen molar-refractivity contribution in [2.45, 2.75) is 25.9 Å².